The average molecular weight is 384 g/mol. The van der Waals surface area contributed by atoms with Gasteiger partial charge in [-0.05, 0) is 56.7 Å². The van der Waals surface area contributed by atoms with Crippen LogP contribution in [-0.2, 0) is 7.05 Å². The van der Waals surface area contributed by atoms with Gasteiger partial charge in [0.1, 0.15) is 11.5 Å². The maximum absolute atomic E-state index is 13.2. The molecule has 1 aromatic carbocycles. The van der Waals surface area contributed by atoms with Gasteiger partial charge in [-0.1, -0.05) is 12.1 Å². The molecule has 0 saturated carbocycles. The summed E-state index contributed by atoms with van der Waals surface area (Å²) in [7, 11) is 4.09. The second-order valence-corrected chi connectivity index (χ2v) is 8.09. The smallest absolute Gasteiger partial charge is 0.270 e. The number of hydrogen-bond acceptors (Lipinski definition) is 3. The highest BCUT2D eigenvalue weighted by molar-refractivity contribution is 5.94. The van der Waals surface area contributed by atoms with Crippen molar-refractivity contribution in [2.75, 3.05) is 46.3 Å². The summed E-state index contributed by atoms with van der Waals surface area (Å²) in [5.41, 5.74) is 2.55. The molecule has 0 radical (unpaired) electrons. The van der Waals surface area contributed by atoms with Crippen LogP contribution in [0.25, 0.3) is 11.1 Å². The van der Waals surface area contributed by atoms with E-state index in [0.29, 0.717) is 11.7 Å². The van der Waals surface area contributed by atoms with Crippen LogP contribution in [0.5, 0.6) is 0 Å². The fourth-order valence-electron chi connectivity index (χ4n) is 4.39. The third kappa shape index (κ3) is 3.98. The molecule has 2 aliphatic heterocycles. The number of rotatable bonds is 3. The normalized spacial score (nSPS) is 19.9. The molecular formula is C22H29FN4O. The van der Waals surface area contributed by atoms with Crippen molar-refractivity contribution in [3.05, 3.63) is 48.0 Å². The minimum Gasteiger partial charge on any atom is -0.346 e. The van der Waals surface area contributed by atoms with Crippen molar-refractivity contribution < 1.29 is 9.18 Å². The van der Waals surface area contributed by atoms with E-state index in [1.807, 2.05) is 28.8 Å². The topological polar surface area (TPSA) is 31.7 Å². The Kier molecular flexibility index (Phi) is 5.51. The maximum Gasteiger partial charge on any atom is 0.270 e. The number of amides is 1. The minimum absolute atomic E-state index is 0.0823. The molecule has 0 bridgehead atoms. The van der Waals surface area contributed by atoms with Crippen molar-refractivity contribution in [1.82, 2.24) is 19.3 Å². The molecule has 2 aromatic rings. The van der Waals surface area contributed by atoms with Crippen LogP contribution >= 0.6 is 0 Å². The molecule has 0 unspecified atom stereocenters. The molecule has 2 saturated heterocycles. The number of benzene rings is 1. The van der Waals surface area contributed by atoms with Crippen molar-refractivity contribution >= 4 is 5.91 Å². The van der Waals surface area contributed by atoms with Crippen LogP contribution < -0.4 is 0 Å². The van der Waals surface area contributed by atoms with E-state index >= 15 is 0 Å². The van der Waals surface area contributed by atoms with Crippen LogP contribution in [0, 0.1) is 5.82 Å². The second-order valence-electron chi connectivity index (χ2n) is 8.09. The Morgan fingerprint density at radius 3 is 2.21 bits per heavy atom. The Bertz CT molecular complexity index is 816. The first-order chi connectivity index (χ1) is 13.5. The Morgan fingerprint density at radius 1 is 0.929 bits per heavy atom. The van der Waals surface area contributed by atoms with Crippen molar-refractivity contribution in [2.24, 2.45) is 7.05 Å². The highest BCUT2D eigenvalue weighted by Gasteiger charge is 2.29. The lowest BCUT2D eigenvalue weighted by molar-refractivity contribution is 0.0468. The summed E-state index contributed by atoms with van der Waals surface area (Å²) in [6.45, 7) is 5.80. The van der Waals surface area contributed by atoms with E-state index in [1.54, 1.807) is 12.1 Å². The van der Waals surface area contributed by atoms with Gasteiger partial charge in [-0.15, -0.1) is 0 Å². The summed E-state index contributed by atoms with van der Waals surface area (Å²) in [6, 6.07) is 8.98. The van der Waals surface area contributed by atoms with Gasteiger partial charge >= 0.3 is 0 Å². The summed E-state index contributed by atoms with van der Waals surface area (Å²) in [5.74, 6) is -0.169. The van der Waals surface area contributed by atoms with Crippen LogP contribution in [0.2, 0.25) is 0 Å². The molecule has 0 N–H and O–H groups in total. The Labute approximate surface area is 166 Å². The fourth-order valence-corrected chi connectivity index (χ4v) is 4.39. The number of piperazine rings is 1. The molecule has 0 atom stereocenters. The van der Waals surface area contributed by atoms with E-state index in [9.17, 15) is 9.18 Å². The van der Waals surface area contributed by atoms with Gasteiger partial charge in [0.2, 0.25) is 0 Å². The van der Waals surface area contributed by atoms with Crippen molar-refractivity contribution in [3.8, 4) is 11.1 Å². The molecule has 4 rings (SSSR count). The molecule has 1 amide bonds. The molecule has 2 fully saturated rings. The van der Waals surface area contributed by atoms with E-state index in [0.717, 1.165) is 37.3 Å². The average Bonchev–Trinajstić information content (AvgIpc) is 3.10. The summed E-state index contributed by atoms with van der Waals surface area (Å²) in [4.78, 5) is 20.0. The number of carbonyl (C=O) groups is 1. The summed E-state index contributed by atoms with van der Waals surface area (Å²) >= 11 is 0. The van der Waals surface area contributed by atoms with E-state index in [4.69, 9.17) is 0 Å². The number of aryl methyl sites for hydroxylation is 1. The van der Waals surface area contributed by atoms with Crippen LogP contribution in [0.1, 0.15) is 23.3 Å². The zero-order chi connectivity index (χ0) is 19.7. The zero-order valence-electron chi connectivity index (χ0n) is 16.8. The molecule has 5 nitrogen and oxygen atoms in total. The molecule has 6 heteroatoms. The molecule has 150 valence electrons. The van der Waals surface area contributed by atoms with Crippen LogP contribution in [0.3, 0.4) is 0 Å². The molecule has 0 aliphatic carbocycles. The van der Waals surface area contributed by atoms with Crippen molar-refractivity contribution in [3.63, 3.8) is 0 Å². The van der Waals surface area contributed by atoms with Gasteiger partial charge in [-0.2, -0.15) is 0 Å². The molecule has 2 aliphatic rings. The van der Waals surface area contributed by atoms with E-state index in [-0.39, 0.29) is 11.7 Å². The SMILES string of the molecule is CN1CCC(N2CCN(C(=O)c3cc(-c4ccc(F)cc4)cn3C)CC2)CC1. The molecular weight excluding hydrogens is 355 g/mol. The highest BCUT2D eigenvalue weighted by Crippen LogP contribution is 2.24. The third-order valence-corrected chi connectivity index (χ3v) is 6.21. The van der Waals surface area contributed by atoms with Gasteiger partial charge in [-0.25, -0.2) is 4.39 Å². The van der Waals surface area contributed by atoms with E-state index in [1.165, 1.54) is 38.1 Å². The van der Waals surface area contributed by atoms with Crippen molar-refractivity contribution in [2.45, 2.75) is 18.9 Å². The minimum atomic E-state index is -0.251. The predicted octanol–water partition coefficient (Wildman–Crippen LogP) is 2.68. The summed E-state index contributed by atoms with van der Waals surface area (Å²) in [5, 5.41) is 0. The van der Waals surface area contributed by atoms with E-state index < -0.39 is 0 Å². The lowest BCUT2D eigenvalue weighted by atomic mass is 10.0. The summed E-state index contributed by atoms with van der Waals surface area (Å²) in [6.07, 6.45) is 4.39. The Hall–Kier alpha value is -2.18. The van der Waals surface area contributed by atoms with Crippen LogP contribution in [0.15, 0.2) is 36.5 Å². The number of hydrogen-bond donors (Lipinski definition) is 0. The predicted molar refractivity (Wildman–Crippen MR) is 109 cm³/mol. The fraction of sp³-hybridized carbons (Fsp3) is 0.500. The number of nitrogens with zero attached hydrogens (tertiary/aromatic N) is 4. The van der Waals surface area contributed by atoms with Crippen LogP contribution in [-0.4, -0.2) is 77.5 Å². The Balaban J connectivity index is 1.39. The number of carbonyl (C=O) groups excluding carboxylic acids is 1. The van der Waals surface area contributed by atoms with E-state index in [2.05, 4.69) is 16.8 Å². The quantitative estimate of drug-likeness (QED) is 0.816. The molecule has 28 heavy (non-hydrogen) atoms. The monoisotopic (exact) mass is 384 g/mol. The number of aromatic nitrogens is 1. The largest absolute Gasteiger partial charge is 0.346 e. The summed E-state index contributed by atoms with van der Waals surface area (Å²) < 4.78 is 15.1. The van der Waals surface area contributed by atoms with Gasteiger partial charge in [0.15, 0.2) is 0 Å². The molecule has 3 heterocycles. The zero-order valence-corrected chi connectivity index (χ0v) is 16.8. The number of halogens is 1. The molecule has 0 spiro atoms. The number of likely N-dealkylation sites (tertiary alicyclic amines) is 1. The van der Waals surface area contributed by atoms with Gasteiger partial charge in [0, 0.05) is 51.0 Å². The lowest BCUT2D eigenvalue weighted by Gasteiger charge is -2.42. The van der Waals surface area contributed by atoms with Crippen molar-refractivity contribution in [1.29, 1.82) is 0 Å². The van der Waals surface area contributed by atoms with Gasteiger partial charge in [-0.3, -0.25) is 9.69 Å². The lowest BCUT2D eigenvalue weighted by Crippen LogP contribution is -2.54. The first kappa shape index (κ1) is 19.2. The van der Waals surface area contributed by atoms with Gasteiger partial charge in [0.05, 0.1) is 0 Å². The third-order valence-electron chi connectivity index (χ3n) is 6.21. The highest BCUT2D eigenvalue weighted by atomic mass is 19.1. The standard InChI is InChI=1S/C22H29FN4O/c1-24-9-7-20(8-10-24)26-11-13-27(14-12-26)22(28)21-15-18(16-25(21)2)17-3-5-19(23)6-4-17/h3-6,15-16,20H,7-14H2,1-2H3. The van der Waals surface area contributed by atoms with Gasteiger partial charge < -0.3 is 14.4 Å². The number of piperidine rings is 1. The molecule has 1 aromatic heterocycles. The Morgan fingerprint density at radius 2 is 1.57 bits per heavy atom. The first-order valence-corrected chi connectivity index (χ1v) is 10.2. The first-order valence-electron chi connectivity index (χ1n) is 10.2. The van der Waals surface area contributed by atoms with Crippen LogP contribution in [0.4, 0.5) is 4.39 Å². The maximum atomic E-state index is 13.2. The second kappa shape index (κ2) is 8.05. The van der Waals surface area contributed by atoms with Gasteiger partial charge in [0.25, 0.3) is 5.91 Å².